The van der Waals surface area contributed by atoms with Crippen molar-refractivity contribution in [2.75, 3.05) is 19.8 Å². The standard InChI is InChI=1S/C13H18ClN3O2/c14-11-5-9(6-15)1-2-10(11)7-17-3-4-19-8-12(17)13(16)18/h1-2,5,12H,3-4,6-8,15H2,(H2,16,18). The second-order valence-electron chi connectivity index (χ2n) is 4.59. The van der Waals surface area contributed by atoms with E-state index in [-0.39, 0.29) is 11.9 Å². The fraction of sp³-hybridized carbons (Fsp3) is 0.462. The Morgan fingerprint density at radius 2 is 2.32 bits per heavy atom. The predicted molar refractivity (Wildman–Crippen MR) is 73.6 cm³/mol. The van der Waals surface area contributed by atoms with E-state index in [1.807, 2.05) is 23.1 Å². The van der Waals surface area contributed by atoms with E-state index in [2.05, 4.69) is 0 Å². The Hall–Kier alpha value is -1.14. The van der Waals surface area contributed by atoms with Gasteiger partial charge < -0.3 is 16.2 Å². The number of hydrogen-bond acceptors (Lipinski definition) is 4. The van der Waals surface area contributed by atoms with Crippen LogP contribution >= 0.6 is 11.6 Å². The van der Waals surface area contributed by atoms with Crippen molar-refractivity contribution in [2.45, 2.75) is 19.1 Å². The third-order valence-corrected chi connectivity index (χ3v) is 3.65. The Labute approximate surface area is 117 Å². The summed E-state index contributed by atoms with van der Waals surface area (Å²) in [5.74, 6) is -0.366. The van der Waals surface area contributed by atoms with Crippen LogP contribution in [0.25, 0.3) is 0 Å². The van der Waals surface area contributed by atoms with Gasteiger partial charge in [-0.2, -0.15) is 0 Å². The number of halogens is 1. The number of morpholine rings is 1. The van der Waals surface area contributed by atoms with Gasteiger partial charge in [-0.15, -0.1) is 0 Å². The molecule has 4 N–H and O–H groups in total. The number of amides is 1. The Kier molecular flexibility index (Phi) is 4.76. The summed E-state index contributed by atoms with van der Waals surface area (Å²) in [7, 11) is 0. The first-order valence-corrected chi connectivity index (χ1v) is 6.58. The molecule has 104 valence electrons. The van der Waals surface area contributed by atoms with Crippen LogP contribution in [0.3, 0.4) is 0 Å². The maximum Gasteiger partial charge on any atom is 0.237 e. The van der Waals surface area contributed by atoms with Crippen LogP contribution in [-0.4, -0.2) is 36.6 Å². The fourth-order valence-electron chi connectivity index (χ4n) is 2.15. The summed E-state index contributed by atoms with van der Waals surface area (Å²) in [6.07, 6.45) is 0. The lowest BCUT2D eigenvalue weighted by Gasteiger charge is -2.33. The van der Waals surface area contributed by atoms with E-state index in [0.717, 1.165) is 11.1 Å². The highest BCUT2D eigenvalue weighted by atomic mass is 35.5. The normalized spacial score (nSPS) is 20.4. The molecular formula is C13H18ClN3O2. The van der Waals surface area contributed by atoms with Gasteiger partial charge in [0.15, 0.2) is 0 Å². The molecular weight excluding hydrogens is 266 g/mol. The Bertz CT molecular complexity index is 467. The number of nitrogens with two attached hydrogens (primary N) is 2. The maximum absolute atomic E-state index is 11.4. The molecule has 19 heavy (non-hydrogen) atoms. The zero-order chi connectivity index (χ0) is 13.8. The van der Waals surface area contributed by atoms with Crippen LogP contribution in [0.5, 0.6) is 0 Å². The third-order valence-electron chi connectivity index (χ3n) is 3.29. The summed E-state index contributed by atoms with van der Waals surface area (Å²) in [6, 6.07) is 5.36. The molecule has 1 heterocycles. The molecule has 0 bridgehead atoms. The predicted octanol–water partition coefficient (Wildman–Crippen LogP) is 0.485. The highest BCUT2D eigenvalue weighted by molar-refractivity contribution is 6.31. The topological polar surface area (TPSA) is 81.6 Å². The molecule has 0 aliphatic carbocycles. The molecule has 0 saturated carbocycles. The van der Waals surface area contributed by atoms with E-state index in [1.165, 1.54) is 0 Å². The zero-order valence-electron chi connectivity index (χ0n) is 10.6. The SMILES string of the molecule is NCc1ccc(CN2CCOCC2C(N)=O)c(Cl)c1. The lowest BCUT2D eigenvalue weighted by atomic mass is 10.1. The molecule has 1 unspecified atom stereocenters. The van der Waals surface area contributed by atoms with Crippen LogP contribution in [-0.2, 0) is 22.6 Å². The maximum atomic E-state index is 11.4. The first kappa shape index (κ1) is 14.3. The molecule has 1 amide bonds. The second-order valence-corrected chi connectivity index (χ2v) is 5.00. The number of nitrogens with zero attached hydrogens (tertiary/aromatic N) is 1. The van der Waals surface area contributed by atoms with Gasteiger partial charge >= 0.3 is 0 Å². The van der Waals surface area contributed by atoms with Crippen LogP contribution in [0.15, 0.2) is 18.2 Å². The second kappa shape index (κ2) is 6.34. The summed E-state index contributed by atoms with van der Waals surface area (Å²) in [4.78, 5) is 13.4. The van der Waals surface area contributed by atoms with Crippen LogP contribution in [0.2, 0.25) is 5.02 Å². The number of primary amides is 1. The molecule has 0 spiro atoms. The van der Waals surface area contributed by atoms with E-state index in [4.69, 9.17) is 27.8 Å². The van der Waals surface area contributed by atoms with E-state index in [1.54, 1.807) is 0 Å². The minimum absolute atomic E-state index is 0.341. The molecule has 1 aromatic rings. The number of ether oxygens (including phenoxy) is 1. The van der Waals surface area contributed by atoms with E-state index in [0.29, 0.717) is 37.9 Å². The van der Waals surface area contributed by atoms with Crippen molar-refractivity contribution in [3.8, 4) is 0 Å². The van der Waals surface area contributed by atoms with Crippen molar-refractivity contribution >= 4 is 17.5 Å². The summed E-state index contributed by atoms with van der Waals surface area (Å²) in [6.45, 7) is 2.65. The molecule has 1 aliphatic rings. The average Bonchev–Trinajstić information content (AvgIpc) is 2.41. The van der Waals surface area contributed by atoms with Crippen LogP contribution in [0.1, 0.15) is 11.1 Å². The monoisotopic (exact) mass is 283 g/mol. The van der Waals surface area contributed by atoms with Gasteiger partial charge in [0, 0.05) is 24.7 Å². The van der Waals surface area contributed by atoms with Crippen molar-refractivity contribution < 1.29 is 9.53 Å². The first-order valence-electron chi connectivity index (χ1n) is 6.20. The lowest BCUT2D eigenvalue weighted by molar-refractivity contribution is -0.129. The van der Waals surface area contributed by atoms with Gasteiger partial charge in [-0.3, -0.25) is 9.69 Å². The summed E-state index contributed by atoms with van der Waals surface area (Å²) in [5.41, 5.74) is 12.9. The number of carbonyl (C=O) groups excluding carboxylic acids is 1. The number of rotatable bonds is 4. The Morgan fingerprint density at radius 3 is 2.95 bits per heavy atom. The average molecular weight is 284 g/mol. The van der Waals surface area contributed by atoms with E-state index < -0.39 is 0 Å². The summed E-state index contributed by atoms with van der Waals surface area (Å²) >= 11 is 6.23. The van der Waals surface area contributed by atoms with Crippen LogP contribution in [0, 0.1) is 0 Å². The van der Waals surface area contributed by atoms with Gasteiger partial charge in [0.25, 0.3) is 0 Å². The molecule has 6 heteroatoms. The lowest BCUT2D eigenvalue weighted by Crippen LogP contribution is -2.51. The highest BCUT2D eigenvalue weighted by Crippen LogP contribution is 2.21. The van der Waals surface area contributed by atoms with Gasteiger partial charge in [-0.1, -0.05) is 23.7 Å². The molecule has 2 rings (SSSR count). The van der Waals surface area contributed by atoms with Crippen molar-refractivity contribution in [2.24, 2.45) is 11.5 Å². The van der Waals surface area contributed by atoms with Gasteiger partial charge in [0.2, 0.25) is 5.91 Å². The van der Waals surface area contributed by atoms with Gasteiger partial charge in [-0.25, -0.2) is 0 Å². The number of carbonyl (C=O) groups is 1. The minimum atomic E-state index is -0.390. The third kappa shape index (κ3) is 3.45. The molecule has 0 radical (unpaired) electrons. The Morgan fingerprint density at radius 1 is 1.53 bits per heavy atom. The molecule has 1 fully saturated rings. The van der Waals surface area contributed by atoms with Crippen molar-refractivity contribution in [1.29, 1.82) is 0 Å². The summed E-state index contributed by atoms with van der Waals surface area (Å²) in [5, 5.41) is 0.665. The van der Waals surface area contributed by atoms with Gasteiger partial charge in [0.1, 0.15) is 6.04 Å². The molecule has 1 saturated heterocycles. The van der Waals surface area contributed by atoms with Crippen molar-refractivity contribution in [3.05, 3.63) is 34.3 Å². The van der Waals surface area contributed by atoms with Crippen molar-refractivity contribution in [1.82, 2.24) is 4.90 Å². The molecule has 0 aromatic heterocycles. The molecule has 1 aromatic carbocycles. The van der Waals surface area contributed by atoms with E-state index in [9.17, 15) is 4.79 Å². The Balaban J connectivity index is 2.12. The minimum Gasteiger partial charge on any atom is -0.378 e. The smallest absolute Gasteiger partial charge is 0.237 e. The van der Waals surface area contributed by atoms with Crippen LogP contribution < -0.4 is 11.5 Å². The zero-order valence-corrected chi connectivity index (χ0v) is 11.4. The number of benzene rings is 1. The van der Waals surface area contributed by atoms with E-state index >= 15 is 0 Å². The summed E-state index contributed by atoms with van der Waals surface area (Å²) < 4.78 is 5.29. The largest absolute Gasteiger partial charge is 0.378 e. The molecule has 1 atom stereocenters. The first-order chi connectivity index (χ1) is 9.11. The van der Waals surface area contributed by atoms with Gasteiger partial charge in [0.05, 0.1) is 13.2 Å². The van der Waals surface area contributed by atoms with Gasteiger partial charge in [-0.05, 0) is 17.2 Å². The molecule has 1 aliphatic heterocycles. The highest BCUT2D eigenvalue weighted by Gasteiger charge is 2.27. The van der Waals surface area contributed by atoms with Crippen molar-refractivity contribution in [3.63, 3.8) is 0 Å². The fourth-order valence-corrected chi connectivity index (χ4v) is 2.42. The quantitative estimate of drug-likeness (QED) is 0.842. The number of hydrogen-bond donors (Lipinski definition) is 2. The molecule has 5 nitrogen and oxygen atoms in total. The van der Waals surface area contributed by atoms with Crippen LogP contribution in [0.4, 0.5) is 0 Å².